The minimum Gasteiger partial charge on any atom is -0.346 e. The van der Waals surface area contributed by atoms with Crippen molar-refractivity contribution >= 4 is 40.6 Å². The molecular weight excluding hydrogens is 338 g/mol. The van der Waals surface area contributed by atoms with Gasteiger partial charge in [-0.05, 0) is 12.1 Å². The lowest BCUT2D eigenvalue weighted by Crippen LogP contribution is -2.26. The van der Waals surface area contributed by atoms with Gasteiger partial charge in [0.25, 0.3) is 5.91 Å². The lowest BCUT2D eigenvalue weighted by atomic mass is 10.0. The first-order valence-electron chi connectivity index (χ1n) is 7.39. The number of anilines is 1. The number of imide groups is 1. The minimum atomic E-state index is -0.694. The molecule has 2 aromatic carbocycles. The van der Waals surface area contributed by atoms with Gasteiger partial charge in [-0.3, -0.25) is 14.9 Å². The van der Waals surface area contributed by atoms with Crippen molar-refractivity contribution in [2.45, 2.75) is 0 Å². The summed E-state index contributed by atoms with van der Waals surface area (Å²) in [6.45, 7) is 0. The van der Waals surface area contributed by atoms with Crippen LogP contribution >= 0.6 is 12.2 Å². The molecule has 1 fully saturated rings. The van der Waals surface area contributed by atoms with Crippen LogP contribution in [0, 0.1) is 0 Å². The van der Waals surface area contributed by atoms with Gasteiger partial charge in [-0.1, -0.05) is 60.7 Å². The van der Waals surface area contributed by atoms with Crippen molar-refractivity contribution in [2.75, 3.05) is 5.32 Å². The number of carbonyl (C=O) groups excluding carboxylic acids is 3. The standard InChI is InChI=1S/C18H13N3O3S/c22-15(11-7-3-1-4-8-11)13(14-16(23)21-18(24)20-14)17(25)19-12-9-5-2-6-10-12/h1-10H,(H,19,25)(H2,20,21,23,24)/b14-13+. The van der Waals surface area contributed by atoms with E-state index in [4.69, 9.17) is 12.2 Å². The van der Waals surface area contributed by atoms with Crippen molar-refractivity contribution in [2.24, 2.45) is 0 Å². The monoisotopic (exact) mass is 351 g/mol. The van der Waals surface area contributed by atoms with Crippen LogP contribution in [-0.4, -0.2) is 22.7 Å². The number of benzene rings is 2. The van der Waals surface area contributed by atoms with Crippen LogP contribution in [0.4, 0.5) is 10.5 Å². The molecule has 0 bridgehead atoms. The van der Waals surface area contributed by atoms with Crippen LogP contribution in [0.1, 0.15) is 10.4 Å². The van der Waals surface area contributed by atoms with Gasteiger partial charge < -0.3 is 10.6 Å². The summed E-state index contributed by atoms with van der Waals surface area (Å²) >= 11 is 5.34. The third-order valence-corrected chi connectivity index (χ3v) is 3.77. The molecule has 0 saturated carbocycles. The predicted molar refractivity (Wildman–Crippen MR) is 97.1 cm³/mol. The Labute approximate surface area is 148 Å². The number of amides is 3. The van der Waals surface area contributed by atoms with Gasteiger partial charge in [0, 0.05) is 11.3 Å². The fraction of sp³-hybridized carbons (Fsp3) is 0. The molecule has 3 N–H and O–H groups in total. The maximum absolute atomic E-state index is 12.9. The second-order valence-corrected chi connectivity index (χ2v) is 5.58. The van der Waals surface area contributed by atoms with Crippen LogP contribution in [0.15, 0.2) is 71.9 Å². The normalized spacial score (nSPS) is 15.2. The molecule has 2 aromatic rings. The Balaban J connectivity index is 2.02. The van der Waals surface area contributed by atoms with Gasteiger partial charge in [-0.15, -0.1) is 0 Å². The van der Waals surface area contributed by atoms with E-state index in [-0.39, 0.29) is 16.3 Å². The SMILES string of the molecule is O=C1NC(=O)/C(=C(/C(=O)c2ccccc2)C(=S)Nc2ccccc2)N1. The van der Waals surface area contributed by atoms with Crippen LogP contribution in [0.5, 0.6) is 0 Å². The highest BCUT2D eigenvalue weighted by molar-refractivity contribution is 7.81. The zero-order valence-corrected chi connectivity index (χ0v) is 13.7. The number of ketones is 1. The van der Waals surface area contributed by atoms with E-state index in [1.807, 2.05) is 6.07 Å². The Morgan fingerprint density at radius 1 is 0.880 bits per heavy atom. The molecule has 0 aromatic heterocycles. The second kappa shape index (κ2) is 7.06. The van der Waals surface area contributed by atoms with Crippen molar-refractivity contribution in [1.82, 2.24) is 10.6 Å². The van der Waals surface area contributed by atoms with Crippen LogP contribution in [0.3, 0.4) is 0 Å². The lowest BCUT2D eigenvalue weighted by Gasteiger charge is -2.13. The van der Waals surface area contributed by atoms with E-state index in [9.17, 15) is 14.4 Å². The Kier molecular flexibility index (Phi) is 4.67. The largest absolute Gasteiger partial charge is 0.346 e. The topological polar surface area (TPSA) is 87.3 Å². The van der Waals surface area contributed by atoms with E-state index in [1.54, 1.807) is 54.6 Å². The molecule has 0 atom stereocenters. The van der Waals surface area contributed by atoms with Gasteiger partial charge >= 0.3 is 6.03 Å². The van der Waals surface area contributed by atoms with Crippen LogP contribution < -0.4 is 16.0 Å². The zero-order chi connectivity index (χ0) is 17.8. The summed E-state index contributed by atoms with van der Waals surface area (Å²) in [6, 6.07) is 16.7. The van der Waals surface area contributed by atoms with E-state index in [2.05, 4.69) is 16.0 Å². The molecule has 7 heteroatoms. The summed E-state index contributed by atoms with van der Waals surface area (Å²) in [5, 5.41) is 7.37. The molecule has 3 amide bonds. The van der Waals surface area contributed by atoms with Crippen molar-refractivity contribution in [1.29, 1.82) is 0 Å². The summed E-state index contributed by atoms with van der Waals surface area (Å²) in [7, 11) is 0. The van der Waals surface area contributed by atoms with Crippen LogP contribution in [-0.2, 0) is 4.79 Å². The maximum atomic E-state index is 12.9. The Morgan fingerprint density at radius 3 is 2.04 bits per heavy atom. The van der Waals surface area contributed by atoms with Gasteiger partial charge in [0.1, 0.15) is 10.7 Å². The number of hydrogen-bond donors (Lipinski definition) is 3. The lowest BCUT2D eigenvalue weighted by molar-refractivity contribution is -0.115. The second-order valence-electron chi connectivity index (χ2n) is 5.17. The molecule has 1 saturated heterocycles. The number of para-hydroxylation sites is 1. The average molecular weight is 351 g/mol. The molecule has 25 heavy (non-hydrogen) atoms. The van der Waals surface area contributed by atoms with Gasteiger partial charge in [-0.2, -0.15) is 0 Å². The highest BCUT2D eigenvalue weighted by atomic mass is 32.1. The number of carbonyl (C=O) groups is 3. The molecule has 1 heterocycles. The van der Waals surface area contributed by atoms with E-state index in [1.165, 1.54) is 0 Å². The number of thiocarbonyl (C=S) groups is 1. The summed E-state index contributed by atoms with van der Waals surface area (Å²) in [4.78, 5) is 36.4. The Morgan fingerprint density at radius 2 is 1.48 bits per heavy atom. The molecule has 0 spiro atoms. The van der Waals surface area contributed by atoms with Crippen molar-refractivity contribution in [3.05, 3.63) is 77.5 Å². The molecule has 0 aliphatic carbocycles. The molecule has 3 rings (SSSR count). The van der Waals surface area contributed by atoms with E-state index >= 15 is 0 Å². The van der Waals surface area contributed by atoms with Crippen LogP contribution in [0.2, 0.25) is 0 Å². The summed E-state index contributed by atoms with van der Waals surface area (Å²) in [5.74, 6) is -1.15. The highest BCUT2D eigenvalue weighted by Crippen LogP contribution is 2.18. The van der Waals surface area contributed by atoms with Gasteiger partial charge in [-0.25, -0.2) is 4.79 Å². The predicted octanol–water partition coefficient (Wildman–Crippen LogP) is 2.40. The first-order chi connectivity index (χ1) is 12.1. The first-order valence-corrected chi connectivity index (χ1v) is 7.80. The molecule has 0 radical (unpaired) electrons. The molecule has 1 aliphatic heterocycles. The van der Waals surface area contributed by atoms with E-state index in [0.717, 1.165) is 0 Å². The summed E-state index contributed by atoms with van der Waals surface area (Å²) in [5.41, 5.74) is 0.799. The third kappa shape index (κ3) is 3.61. The fourth-order valence-electron chi connectivity index (χ4n) is 2.32. The summed E-state index contributed by atoms with van der Waals surface area (Å²) in [6.07, 6.45) is 0. The minimum absolute atomic E-state index is 0.0485. The smallest absolute Gasteiger partial charge is 0.326 e. The molecule has 124 valence electrons. The highest BCUT2D eigenvalue weighted by Gasteiger charge is 2.32. The quantitative estimate of drug-likeness (QED) is 0.341. The van der Waals surface area contributed by atoms with Crippen molar-refractivity contribution in [3.63, 3.8) is 0 Å². The average Bonchev–Trinajstić information content (AvgIpc) is 2.94. The van der Waals surface area contributed by atoms with Crippen molar-refractivity contribution < 1.29 is 14.4 Å². The Bertz CT molecular complexity index is 892. The molecular formula is C18H13N3O3S. The molecule has 1 aliphatic rings. The number of urea groups is 1. The van der Waals surface area contributed by atoms with Crippen LogP contribution in [0.25, 0.3) is 0 Å². The first kappa shape index (κ1) is 16.5. The number of Topliss-reactive ketones (excluding diaryl/α,β-unsaturated/α-hetero) is 1. The maximum Gasteiger partial charge on any atom is 0.326 e. The van der Waals surface area contributed by atoms with Gasteiger partial charge in [0.2, 0.25) is 0 Å². The van der Waals surface area contributed by atoms with Gasteiger partial charge in [0.05, 0.1) is 5.57 Å². The number of rotatable bonds is 4. The van der Waals surface area contributed by atoms with E-state index < -0.39 is 17.7 Å². The molecule has 0 unspecified atom stereocenters. The molecule has 6 nitrogen and oxygen atoms in total. The number of nitrogens with one attached hydrogen (secondary N) is 3. The van der Waals surface area contributed by atoms with Crippen molar-refractivity contribution in [3.8, 4) is 0 Å². The third-order valence-electron chi connectivity index (χ3n) is 3.46. The Hall–Kier alpha value is -3.32. The van der Waals surface area contributed by atoms with Gasteiger partial charge in [0.15, 0.2) is 5.78 Å². The fourth-order valence-corrected chi connectivity index (χ4v) is 2.63. The number of hydrogen-bond acceptors (Lipinski definition) is 4. The van der Waals surface area contributed by atoms with E-state index in [0.29, 0.717) is 11.3 Å². The summed E-state index contributed by atoms with van der Waals surface area (Å²) < 4.78 is 0. The zero-order valence-electron chi connectivity index (χ0n) is 12.9.